The highest BCUT2D eigenvalue weighted by atomic mass is 15.1. The first-order chi connectivity index (χ1) is 46.5. The van der Waals surface area contributed by atoms with Crippen molar-refractivity contribution in [3.8, 4) is 131 Å². The first kappa shape index (κ1) is 54.9. The average Bonchev–Trinajstić information content (AvgIpc) is 1.56. The van der Waals surface area contributed by atoms with Crippen LogP contribution < -0.4 is 0 Å². The number of benzene rings is 12. The van der Waals surface area contributed by atoms with E-state index in [-0.39, 0.29) is 0 Å². The lowest BCUT2D eigenvalue weighted by Gasteiger charge is -2.20. The lowest BCUT2D eigenvalue weighted by molar-refractivity contribution is 1.07. The summed E-state index contributed by atoms with van der Waals surface area (Å²) in [6.07, 6.45) is 0. The maximum Gasteiger partial charge on any atom is 0.164 e. The van der Waals surface area contributed by atoms with E-state index in [9.17, 15) is 5.26 Å². The summed E-state index contributed by atoms with van der Waals surface area (Å²) in [6, 6.07) is 108. The molecule has 17 rings (SSSR count). The van der Waals surface area contributed by atoms with Crippen molar-refractivity contribution in [2.45, 2.75) is 0 Å². The number of aromatic nitrogens is 10. The van der Waals surface area contributed by atoms with Gasteiger partial charge in [0.25, 0.3) is 0 Å². The van der Waals surface area contributed by atoms with Crippen LogP contribution in [0.2, 0.25) is 0 Å². The lowest BCUT2D eigenvalue weighted by atomic mass is 9.96. The number of para-hydroxylation sites is 2. The molecule has 11 nitrogen and oxygen atoms in total. The second-order valence-corrected chi connectivity index (χ2v) is 23.0. The molecule has 0 unspecified atom stereocenters. The molecule has 0 fully saturated rings. The molecule has 0 amide bonds. The molecule has 0 saturated heterocycles. The average molecular weight is 1200 g/mol. The third kappa shape index (κ3) is 9.97. The Balaban J connectivity index is 0.897. The van der Waals surface area contributed by atoms with Gasteiger partial charge in [0.15, 0.2) is 40.8 Å². The SMILES string of the molecule is N#Cc1ccc(-n2c3ccccc3c3cc(-c4nc(-c5ccccc5)nc(-c5ccccc5)n4)ccc32)c(-c2ccc(-c3cc(-c4ccccc4)nc(-c4ccccc4)n3)cc2-n2c3ccccc3c3cc(-c4nc(-c5ccccc5)nc(-c5ccccc5)n4)ccc32)c1. The molecule has 5 aromatic heterocycles. The van der Waals surface area contributed by atoms with Crippen LogP contribution in [0.3, 0.4) is 0 Å². The van der Waals surface area contributed by atoms with Gasteiger partial charge in [-0.3, -0.25) is 0 Å². The van der Waals surface area contributed by atoms with Crippen LogP contribution >= 0.6 is 0 Å². The van der Waals surface area contributed by atoms with Gasteiger partial charge in [0.1, 0.15) is 0 Å². The van der Waals surface area contributed by atoms with Gasteiger partial charge in [0, 0.05) is 82.7 Å². The van der Waals surface area contributed by atoms with E-state index in [2.05, 4.69) is 143 Å². The van der Waals surface area contributed by atoms with Crippen molar-refractivity contribution in [2.75, 3.05) is 0 Å². The standard InChI is InChI=1S/C83H51N11/c84-52-53-39-44-73(93-71-37-21-19-35-63(71)67-48-61(41-45-74(67)93)82-89-78(56-27-11-3-12-28-56)87-79(90-82)57-29-13-4-14-30-57)66(47-53)65-43-40-60(70-51-69(54-23-7-1-8-24-54)85-77(86-70)55-25-9-2-10-26-55)50-76(65)94-72-38-22-20-36-64(72)68-49-62(42-46-75(68)94)83-91-80(58-31-15-5-16-32-58)88-81(92-83)59-33-17-6-18-34-59/h1-51H. The van der Waals surface area contributed by atoms with E-state index < -0.39 is 0 Å². The van der Waals surface area contributed by atoms with Gasteiger partial charge in [0.05, 0.1) is 56.5 Å². The van der Waals surface area contributed by atoms with E-state index in [1.807, 2.05) is 182 Å². The molecule has 17 aromatic rings. The highest BCUT2D eigenvalue weighted by Crippen LogP contribution is 2.44. The largest absolute Gasteiger partial charge is 0.309 e. The molecule has 0 aliphatic heterocycles. The van der Waals surface area contributed by atoms with Gasteiger partial charge >= 0.3 is 0 Å². The number of hydrogen-bond donors (Lipinski definition) is 0. The Morgan fingerprint density at radius 1 is 0.223 bits per heavy atom. The monoisotopic (exact) mass is 1200 g/mol. The van der Waals surface area contributed by atoms with E-state index in [0.717, 1.165) is 128 Å². The number of nitriles is 1. The molecule has 0 N–H and O–H groups in total. The fourth-order valence-corrected chi connectivity index (χ4v) is 12.8. The van der Waals surface area contributed by atoms with Crippen molar-refractivity contribution in [3.05, 3.63) is 315 Å². The van der Waals surface area contributed by atoms with Crippen LogP contribution in [-0.2, 0) is 0 Å². The van der Waals surface area contributed by atoms with E-state index in [0.29, 0.717) is 46.3 Å². The van der Waals surface area contributed by atoms with Gasteiger partial charge in [-0.2, -0.15) is 5.26 Å². The van der Waals surface area contributed by atoms with Gasteiger partial charge in [-0.1, -0.05) is 231 Å². The lowest BCUT2D eigenvalue weighted by Crippen LogP contribution is -2.03. The van der Waals surface area contributed by atoms with Crippen molar-refractivity contribution in [2.24, 2.45) is 0 Å². The third-order valence-electron chi connectivity index (χ3n) is 17.3. The zero-order chi connectivity index (χ0) is 62.5. The van der Waals surface area contributed by atoms with Gasteiger partial charge < -0.3 is 9.13 Å². The zero-order valence-electron chi connectivity index (χ0n) is 50.4. The number of fused-ring (bicyclic) bond motifs is 6. The molecular weight excluding hydrogens is 1150 g/mol. The highest BCUT2D eigenvalue weighted by molar-refractivity contribution is 6.13. The van der Waals surface area contributed by atoms with Gasteiger partial charge in [-0.25, -0.2) is 39.9 Å². The third-order valence-corrected chi connectivity index (χ3v) is 17.3. The topological polar surface area (TPSA) is 137 Å². The molecular formula is C83H51N11. The first-order valence-corrected chi connectivity index (χ1v) is 31.0. The predicted octanol–water partition coefficient (Wildman–Crippen LogP) is 19.6. The van der Waals surface area contributed by atoms with Crippen LogP contribution in [0, 0.1) is 11.3 Å². The smallest absolute Gasteiger partial charge is 0.164 e. The van der Waals surface area contributed by atoms with Gasteiger partial charge in [-0.15, -0.1) is 0 Å². The van der Waals surface area contributed by atoms with Crippen LogP contribution in [0.1, 0.15) is 5.56 Å². The van der Waals surface area contributed by atoms with E-state index in [4.69, 9.17) is 39.9 Å². The van der Waals surface area contributed by atoms with Crippen molar-refractivity contribution in [1.82, 2.24) is 49.0 Å². The summed E-state index contributed by atoms with van der Waals surface area (Å²) in [5.41, 5.74) is 17.4. The van der Waals surface area contributed by atoms with E-state index in [1.54, 1.807) is 0 Å². The molecule has 0 spiro atoms. The highest BCUT2D eigenvalue weighted by Gasteiger charge is 2.25. The Morgan fingerprint density at radius 2 is 0.564 bits per heavy atom. The molecule has 0 saturated carbocycles. The summed E-state index contributed by atoms with van der Waals surface area (Å²) in [7, 11) is 0. The van der Waals surface area contributed by atoms with Gasteiger partial charge in [0.2, 0.25) is 0 Å². The van der Waals surface area contributed by atoms with E-state index in [1.165, 1.54) is 0 Å². The zero-order valence-corrected chi connectivity index (χ0v) is 50.4. The summed E-state index contributed by atoms with van der Waals surface area (Å²) >= 11 is 0. The summed E-state index contributed by atoms with van der Waals surface area (Å²) in [4.78, 5) is 41.2. The Bertz CT molecular complexity index is 5620. The first-order valence-electron chi connectivity index (χ1n) is 31.0. The molecule has 0 atom stereocenters. The minimum Gasteiger partial charge on any atom is -0.309 e. The maximum atomic E-state index is 10.9. The molecule has 11 heteroatoms. The normalized spacial score (nSPS) is 11.4. The Labute approximate surface area is 540 Å². The van der Waals surface area contributed by atoms with Crippen molar-refractivity contribution in [1.29, 1.82) is 5.26 Å². The van der Waals surface area contributed by atoms with Gasteiger partial charge in [-0.05, 0) is 78.9 Å². The van der Waals surface area contributed by atoms with E-state index >= 15 is 0 Å². The molecule has 5 heterocycles. The quantitative estimate of drug-likeness (QED) is 0.117. The van der Waals surface area contributed by atoms with Crippen LogP contribution in [0.5, 0.6) is 0 Å². The van der Waals surface area contributed by atoms with Crippen molar-refractivity contribution in [3.63, 3.8) is 0 Å². The second kappa shape index (κ2) is 23.3. The summed E-state index contributed by atoms with van der Waals surface area (Å²) in [5.74, 6) is 4.07. The summed E-state index contributed by atoms with van der Waals surface area (Å²) in [6.45, 7) is 0. The van der Waals surface area contributed by atoms with Crippen LogP contribution in [0.15, 0.2) is 309 Å². The van der Waals surface area contributed by atoms with Crippen molar-refractivity contribution >= 4 is 43.6 Å². The maximum absolute atomic E-state index is 10.9. The number of hydrogen-bond acceptors (Lipinski definition) is 9. The molecule has 438 valence electrons. The molecule has 12 aromatic carbocycles. The fraction of sp³-hybridized carbons (Fsp3) is 0. The minimum absolute atomic E-state index is 0.514. The molecule has 0 aliphatic rings. The second-order valence-electron chi connectivity index (χ2n) is 23.0. The number of rotatable bonds is 12. The summed E-state index contributed by atoms with van der Waals surface area (Å²) < 4.78 is 4.68. The summed E-state index contributed by atoms with van der Waals surface area (Å²) in [5, 5.41) is 15.0. The number of nitrogens with zero attached hydrogens (tertiary/aromatic N) is 11. The van der Waals surface area contributed by atoms with Crippen LogP contribution in [0.4, 0.5) is 0 Å². The Kier molecular flexibility index (Phi) is 13.6. The molecule has 0 bridgehead atoms. The molecule has 94 heavy (non-hydrogen) atoms. The fourth-order valence-electron chi connectivity index (χ4n) is 12.8. The van der Waals surface area contributed by atoms with Crippen LogP contribution in [0.25, 0.3) is 168 Å². The molecule has 0 radical (unpaired) electrons. The Morgan fingerprint density at radius 3 is 0.989 bits per heavy atom. The molecule has 0 aliphatic carbocycles. The van der Waals surface area contributed by atoms with Crippen LogP contribution in [-0.4, -0.2) is 49.0 Å². The Hall–Kier alpha value is -13.2. The predicted molar refractivity (Wildman–Crippen MR) is 377 cm³/mol. The van der Waals surface area contributed by atoms with Crippen molar-refractivity contribution < 1.29 is 0 Å². The minimum atomic E-state index is 0.514.